The van der Waals surface area contributed by atoms with Gasteiger partial charge >= 0.3 is 0 Å². The van der Waals surface area contributed by atoms with Gasteiger partial charge in [-0.2, -0.15) is 0 Å². The number of ether oxygens (including phenoxy) is 1. The van der Waals surface area contributed by atoms with Crippen LogP contribution in [0.3, 0.4) is 0 Å². The molecule has 1 saturated heterocycles. The summed E-state index contributed by atoms with van der Waals surface area (Å²) in [5.74, 6) is 0.925. The van der Waals surface area contributed by atoms with Gasteiger partial charge in [0.05, 0.1) is 17.3 Å². The van der Waals surface area contributed by atoms with Crippen molar-refractivity contribution < 1.29 is 9.53 Å². The summed E-state index contributed by atoms with van der Waals surface area (Å²) in [6.45, 7) is 1.72. The number of anilines is 2. The lowest BCUT2D eigenvalue weighted by Gasteiger charge is -2.31. The van der Waals surface area contributed by atoms with Crippen molar-refractivity contribution in [2.75, 3.05) is 30.4 Å². The Balaban J connectivity index is 1.35. The van der Waals surface area contributed by atoms with Crippen LogP contribution in [0, 0.1) is 5.92 Å². The number of hydrogen-bond donors (Lipinski definition) is 1. The average molecular weight is 367 g/mol. The van der Waals surface area contributed by atoms with Crippen LogP contribution in [0.1, 0.15) is 12.8 Å². The second kappa shape index (κ2) is 7.33. The fraction of sp³-hybridized carbons (Fsp3) is 0.300. The molecule has 2 aromatic carbocycles. The molecule has 1 N–H and O–H groups in total. The largest absolute Gasteiger partial charge is 0.497 e. The zero-order valence-electron chi connectivity index (χ0n) is 14.6. The first kappa shape index (κ1) is 16.8. The molecule has 0 bridgehead atoms. The number of carbonyl (C=O) groups is 1. The quantitative estimate of drug-likeness (QED) is 0.752. The van der Waals surface area contributed by atoms with Crippen molar-refractivity contribution in [1.29, 1.82) is 0 Å². The van der Waals surface area contributed by atoms with Crippen molar-refractivity contribution in [2.45, 2.75) is 12.8 Å². The molecule has 0 unspecified atom stereocenters. The zero-order chi connectivity index (χ0) is 17.9. The van der Waals surface area contributed by atoms with E-state index in [1.54, 1.807) is 18.4 Å². The number of fused-ring (bicyclic) bond motifs is 1. The number of thiazole rings is 1. The number of benzene rings is 2. The van der Waals surface area contributed by atoms with E-state index in [0.717, 1.165) is 48.0 Å². The molecule has 4 rings (SSSR count). The number of methoxy groups -OCH3 is 1. The van der Waals surface area contributed by atoms with E-state index in [1.165, 1.54) is 4.70 Å². The molecule has 1 aliphatic heterocycles. The molecule has 1 aromatic heterocycles. The van der Waals surface area contributed by atoms with Crippen LogP contribution < -0.4 is 15.0 Å². The first-order valence-corrected chi connectivity index (χ1v) is 9.60. The molecule has 1 amide bonds. The highest BCUT2D eigenvalue weighted by atomic mass is 32.1. The van der Waals surface area contributed by atoms with E-state index < -0.39 is 0 Å². The van der Waals surface area contributed by atoms with Crippen molar-refractivity contribution in [2.24, 2.45) is 5.92 Å². The number of hydrogen-bond acceptors (Lipinski definition) is 5. The minimum atomic E-state index is 0.0442. The Kier molecular flexibility index (Phi) is 4.75. The third-order valence-electron chi connectivity index (χ3n) is 4.78. The Hall–Kier alpha value is -2.60. The van der Waals surface area contributed by atoms with Crippen molar-refractivity contribution in [3.8, 4) is 5.75 Å². The first-order chi connectivity index (χ1) is 12.7. The number of carbonyl (C=O) groups excluding carboxylic acids is 1. The van der Waals surface area contributed by atoms with Gasteiger partial charge in [0.25, 0.3) is 0 Å². The predicted octanol–water partition coefficient (Wildman–Crippen LogP) is 4.16. The molecule has 5 nitrogen and oxygen atoms in total. The molecule has 0 aliphatic carbocycles. The maximum Gasteiger partial charge on any atom is 0.227 e. The standard InChI is InChI=1S/C20H21N3O2S/c1-25-16-8-6-15(7-9-16)21-19(24)14-10-12-23(13-11-14)20-22-17-4-2-3-5-18(17)26-20/h2-9,14H,10-13H2,1H3,(H,21,24). The van der Waals surface area contributed by atoms with Crippen molar-refractivity contribution in [1.82, 2.24) is 4.98 Å². The lowest BCUT2D eigenvalue weighted by molar-refractivity contribution is -0.120. The molecular weight excluding hydrogens is 346 g/mol. The van der Waals surface area contributed by atoms with Crippen LogP contribution in [0.2, 0.25) is 0 Å². The number of piperidine rings is 1. The highest BCUT2D eigenvalue weighted by Gasteiger charge is 2.26. The van der Waals surface area contributed by atoms with E-state index in [0.29, 0.717) is 0 Å². The summed E-state index contributed by atoms with van der Waals surface area (Å²) in [5, 5.41) is 4.07. The van der Waals surface area contributed by atoms with Crippen LogP contribution in [0.25, 0.3) is 10.2 Å². The molecule has 0 spiro atoms. The molecule has 134 valence electrons. The van der Waals surface area contributed by atoms with E-state index in [9.17, 15) is 4.79 Å². The van der Waals surface area contributed by atoms with E-state index in [4.69, 9.17) is 9.72 Å². The third kappa shape index (κ3) is 3.51. The zero-order valence-corrected chi connectivity index (χ0v) is 15.5. The molecular formula is C20H21N3O2S. The number of para-hydroxylation sites is 1. The van der Waals surface area contributed by atoms with Crippen molar-refractivity contribution >= 4 is 38.3 Å². The van der Waals surface area contributed by atoms with Gasteiger partial charge in [-0.15, -0.1) is 0 Å². The number of amides is 1. The van der Waals surface area contributed by atoms with Gasteiger partial charge < -0.3 is 15.0 Å². The second-order valence-corrected chi connectivity index (χ2v) is 7.45. The molecule has 6 heteroatoms. The monoisotopic (exact) mass is 367 g/mol. The Morgan fingerprint density at radius 2 is 1.88 bits per heavy atom. The van der Waals surface area contributed by atoms with Crippen LogP contribution in [0.15, 0.2) is 48.5 Å². The minimum absolute atomic E-state index is 0.0442. The van der Waals surface area contributed by atoms with Crippen LogP contribution in [0.4, 0.5) is 10.8 Å². The Morgan fingerprint density at radius 3 is 2.58 bits per heavy atom. The molecule has 1 aliphatic rings. The van der Waals surface area contributed by atoms with Gasteiger partial charge in [-0.25, -0.2) is 4.98 Å². The number of aromatic nitrogens is 1. The molecule has 1 fully saturated rings. The Bertz CT molecular complexity index is 866. The second-order valence-electron chi connectivity index (χ2n) is 6.44. The van der Waals surface area contributed by atoms with Crippen LogP contribution >= 0.6 is 11.3 Å². The molecule has 3 aromatic rings. The Morgan fingerprint density at radius 1 is 1.15 bits per heavy atom. The van der Waals surface area contributed by atoms with E-state index in [1.807, 2.05) is 42.5 Å². The lowest BCUT2D eigenvalue weighted by atomic mass is 9.96. The maximum absolute atomic E-state index is 12.5. The molecule has 2 heterocycles. The summed E-state index contributed by atoms with van der Waals surface area (Å²) in [5.41, 5.74) is 1.86. The van der Waals surface area contributed by atoms with E-state index in [2.05, 4.69) is 16.3 Å². The first-order valence-electron chi connectivity index (χ1n) is 8.78. The Labute approximate surface area is 156 Å². The summed E-state index contributed by atoms with van der Waals surface area (Å²) < 4.78 is 6.35. The topological polar surface area (TPSA) is 54.5 Å². The normalized spacial score (nSPS) is 15.2. The molecule has 0 atom stereocenters. The summed E-state index contributed by atoms with van der Waals surface area (Å²) in [6.07, 6.45) is 1.69. The van der Waals surface area contributed by atoms with Gasteiger partial charge in [-0.05, 0) is 49.2 Å². The molecule has 26 heavy (non-hydrogen) atoms. The van der Waals surface area contributed by atoms with Gasteiger partial charge in [-0.1, -0.05) is 23.5 Å². The number of rotatable bonds is 4. The fourth-order valence-corrected chi connectivity index (χ4v) is 4.26. The predicted molar refractivity (Wildman–Crippen MR) is 106 cm³/mol. The SMILES string of the molecule is COc1ccc(NC(=O)C2CCN(c3nc4ccccc4s3)CC2)cc1. The molecule has 0 radical (unpaired) electrons. The van der Waals surface area contributed by atoms with Gasteiger partial charge in [0.1, 0.15) is 5.75 Å². The summed E-state index contributed by atoms with van der Waals surface area (Å²) in [7, 11) is 1.63. The van der Waals surface area contributed by atoms with Crippen molar-refractivity contribution in [3.63, 3.8) is 0 Å². The third-order valence-corrected chi connectivity index (χ3v) is 5.87. The lowest BCUT2D eigenvalue weighted by Crippen LogP contribution is -2.38. The van der Waals surface area contributed by atoms with Crippen molar-refractivity contribution in [3.05, 3.63) is 48.5 Å². The number of nitrogens with one attached hydrogen (secondary N) is 1. The maximum atomic E-state index is 12.5. The molecule has 0 saturated carbocycles. The van der Waals surface area contributed by atoms with Gasteiger partial charge in [0.2, 0.25) is 5.91 Å². The van der Waals surface area contributed by atoms with E-state index in [-0.39, 0.29) is 11.8 Å². The average Bonchev–Trinajstić information content (AvgIpc) is 3.13. The minimum Gasteiger partial charge on any atom is -0.497 e. The summed E-state index contributed by atoms with van der Waals surface area (Å²) in [6, 6.07) is 15.6. The van der Waals surface area contributed by atoms with E-state index >= 15 is 0 Å². The number of nitrogens with zero attached hydrogens (tertiary/aromatic N) is 2. The van der Waals surface area contributed by atoms with Crippen LogP contribution in [0.5, 0.6) is 5.75 Å². The summed E-state index contributed by atoms with van der Waals surface area (Å²) >= 11 is 1.72. The summed E-state index contributed by atoms with van der Waals surface area (Å²) in [4.78, 5) is 19.5. The van der Waals surface area contributed by atoms with Gasteiger partial charge in [0, 0.05) is 24.7 Å². The van der Waals surface area contributed by atoms with Crippen LogP contribution in [-0.2, 0) is 4.79 Å². The highest BCUT2D eigenvalue weighted by molar-refractivity contribution is 7.22. The highest BCUT2D eigenvalue weighted by Crippen LogP contribution is 2.31. The van der Waals surface area contributed by atoms with Gasteiger partial charge in [-0.3, -0.25) is 4.79 Å². The van der Waals surface area contributed by atoms with Gasteiger partial charge in [0.15, 0.2) is 5.13 Å². The van der Waals surface area contributed by atoms with Crippen LogP contribution in [-0.4, -0.2) is 31.1 Å². The fourth-order valence-electron chi connectivity index (χ4n) is 3.25. The smallest absolute Gasteiger partial charge is 0.227 e.